The van der Waals surface area contributed by atoms with Crippen molar-refractivity contribution < 1.29 is 14.6 Å². The second-order valence-electron chi connectivity index (χ2n) is 4.48. The molecule has 0 unspecified atom stereocenters. The minimum Gasteiger partial charge on any atom is -0.477 e. The lowest BCUT2D eigenvalue weighted by Gasteiger charge is -2.29. The molecule has 0 saturated carbocycles. The lowest BCUT2D eigenvalue weighted by Crippen LogP contribution is -2.28. The minimum absolute atomic E-state index is 0.364. The van der Waals surface area contributed by atoms with E-state index in [-0.39, 0.29) is 0 Å². The van der Waals surface area contributed by atoms with Gasteiger partial charge in [0.15, 0.2) is 0 Å². The number of rotatable bonds is 8. The van der Waals surface area contributed by atoms with Gasteiger partial charge in [0.05, 0.1) is 5.69 Å². The predicted molar refractivity (Wildman–Crippen MR) is 77.0 cm³/mol. The molecule has 0 aliphatic heterocycles. The minimum atomic E-state index is -0.884. The SMILES string of the molecule is CCCc1nc(C(CC)(CC)OCC)sc1C(=O)O. The highest BCUT2D eigenvalue weighted by Gasteiger charge is 2.34. The Bertz CT molecular complexity index is 424. The highest BCUT2D eigenvalue weighted by molar-refractivity contribution is 7.13. The summed E-state index contributed by atoms with van der Waals surface area (Å²) in [6.45, 7) is 8.70. The molecule has 0 atom stereocenters. The molecular formula is C14H23NO3S. The first-order valence-electron chi connectivity index (χ1n) is 6.92. The monoisotopic (exact) mass is 285 g/mol. The Kier molecular flexibility index (Phi) is 5.94. The number of carboxylic acids is 1. The van der Waals surface area contributed by atoms with Gasteiger partial charge < -0.3 is 9.84 Å². The van der Waals surface area contributed by atoms with Crippen molar-refractivity contribution in [2.75, 3.05) is 6.61 Å². The average Bonchev–Trinajstić information content (AvgIpc) is 2.81. The molecule has 0 aliphatic rings. The number of aryl methyl sites for hydroxylation is 1. The second-order valence-corrected chi connectivity index (χ2v) is 5.48. The van der Waals surface area contributed by atoms with Crippen LogP contribution in [0.5, 0.6) is 0 Å². The summed E-state index contributed by atoms with van der Waals surface area (Å²) in [5.41, 5.74) is 0.260. The number of nitrogens with zero attached hydrogens (tertiary/aromatic N) is 1. The number of ether oxygens (including phenoxy) is 1. The molecule has 1 rings (SSSR count). The molecule has 0 aromatic carbocycles. The molecule has 0 aliphatic carbocycles. The van der Waals surface area contributed by atoms with Gasteiger partial charge in [-0.25, -0.2) is 9.78 Å². The van der Waals surface area contributed by atoms with Gasteiger partial charge >= 0.3 is 5.97 Å². The molecule has 1 N–H and O–H groups in total. The Morgan fingerprint density at radius 3 is 2.37 bits per heavy atom. The van der Waals surface area contributed by atoms with Crippen LogP contribution >= 0.6 is 11.3 Å². The molecule has 0 radical (unpaired) electrons. The Hall–Kier alpha value is -0.940. The van der Waals surface area contributed by atoms with Gasteiger partial charge in [-0.1, -0.05) is 27.2 Å². The van der Waals surface area contributed by atoms with Gasteiger partial charge in [0.1, 0.15) is 15.5 Å². The van der Waals surface area contributed by atoms with E-state index < -0.39 is 11.6 Å². The van der Waals surface area contributed by atoms with E-state index in [1.165, 1.54) is 11.3 Å². The van der Waals surface area contributed by atoms with Crippen molar-refractivity contribution in [2.24, 2.45) is 0 Å². The number of hydrogen-bond acceptors (Lipinski definition) is 4. The zero-order valence-corrected chi connectivity index (χ0v) is 13.0. The number of carbonyl (C=O) groups is 1. The number of hydrogen-bond donors (Lipinski definition) is 1. The van der Waals surface area contributed by atoms with Crippen molar-refractivity contribution >= 4 is 17.3 Å². The van der Waals surface area contributed by atoms with Crippen LogP contribution in [0.4, 0.5) is 0 Å². The largest absolute Gasteiger partial charge is 0.477 e. The maximum atomic E-state index is 11.3. The first kappa shape index (κ1) is 16.1. The van der Waals surface area contributed by atoms with Crippen molar-refractivity contribution in [2.45, 2.75) is 59.0 Å². The Morgan fingerprint density at radius 2 is 1.95 bits per heavy atom. The maximum Gasteiger partial charge on any atom is 0.347 e. The average molecular weight is 285 g/mol. The molecule has 5 heteroatoms. The van der Waals surface area contributed by atoms with Gasteiger partial charge in [0.25, 0.3) is 0 Å². The van der Waals surface area contributed by atoms with Gasteiger partial charge in [-0.3, -0.25) is 0 Å². The van der Waals surface area contributed by atoms with E-state index >= 15 is 0 Å². The lowest BCUT2D eigenvalue weighted by molar-refractivity contribution is -0.0507. The summed E-state index contributed by atoms with van der Waals surface area (Å²) in [6, 6.07) is 0. The molecule has 1 aromatic heterocycles. The van der Waals surface area contributed by atoms with E-state index in [4.69, 9.17) is 4.74 Å². The van der Waals surface area contributed by atoms with E-state index in [9.17, 15) is 9.90 Å². The van der Waals surface area contributed by atoms with Crippen LogP contribution in [0, 0.1) is 0 Å². The standard InChI is InChI=1S/C14H23NO3S/c1-5-9-10-11(12(16)17)19-13(15-10)14(6-2,7-3)18-8-4/h5-9H2,1-4H3,(H,16,17). The predicted octanol–water partition coefficient (Wildman–Crippen LogP) is 3.85. The van der Waals surface area contributed by atoms with Crippen LogP contribution in [0.1, 0.15) is 67.3 Å². The van der Waals surface area contributed by atoms with Crippen LogP contribution in [-0.4, -0.2) is 22.7 Å². The number of aromatic nitrogens is 1. The Morgan fingerprint density at radius 1 is 1.32 bits per heavy atom. The van der Waals surface area contributed by atoms with Gasteiger partial charge in [0.2, 0.25) is 0 Å². The molecule has 1 heterocycles. The van der Waals surface area contributed by atoms with Gasteiger partial charge in [-0.15, -0.1) is 11.3 Å². The van der Waals surface area contributed by atoms with E-state index in [0.717, 1.165) is 24.3 Å². The van der Waals surface area contributed by atoms with Crippen molar-refractivity contribution in [3.63, 3.8) is 0 Å². The van der Waals surface area contributed by atoms with E-state index in [2.05, 4.69) is 18.8 Å². The van der Waals surface area contributed by atoms with Crippen molar-refractivity contribution in [1.82, 2.24) is 4.98 Å². The third-order valence-electron chi connectivity index (χ3n) is 3.33. The number of thiazole rings is 1. The highest BCUT2D eigenvalue weighted by atomic mass is 32.1. The maximum absolute atomic E-state index is 11.3. The number of carboxylic acid groups (broad SMARTS) is 1. The van der Waals surface area contributed by atoms with Crippen molar-refractivity contribution in [3.05, 3.63) is 15.6 Å². The summed E-state index contributed by atoms with van der Waals surface area (Å²) >= 11 is 1.27. The summed E-state index contributed by atoms with van der Waals surface area (Å²) in [5, 5.41) is 10.1. The van der Waals surface area contributed by atoms with Gasteiger partial charge in [-0.05, 0) is 26.2 Å². The fraction of sp³-hybridized carbons (Fsp3) is 0.714. The molecule has 108 valence electrons. The first-order chi connectivity index (χ1) is 9.04. The molecule has 0 bridgehead atoms. The quantitative estimate of drug-likeness (QED) is 0.788. The summed E-state index contributed by atoms with van der Waals surface area (Å²) in [4.78, 5) is 16.2. The summed E-state index contributed by atoms with van der Waals surface area (Å²) < 4.78 is 5.90. The van der Waals surface area contributed by atoms with Gasteiger partial charge in [0, 0.05) is 6.61 Å². The second kappa shape index (κ2) is 7.01. The Balaban J connectivity index is 3.24. The van der Waals surface area contributed by atoms with Crippen LogP contribution < -0.4 is 0 Å². The molecule has 19 heavy (non-hydrogen) atoms. The van der Waals surface area contributed by atoms with Crippen molar-refractivity contribution in [1.29, 1.82) is 0 Å². The summed E-state index contributed by atoms with van der Waals surface area (Å²) in [7, 11) is 0. The molecule has 0 fully saturated rings. The zero-order chi connectivity index (χ0) is 14.5. The third kappa shape index (κ3) is 3.34. The van der Waals surface area contributed by atoms with E-state index in [0.29, 0.717) is 23.6 Å². The molecule has 0 spiro atoms. The third-order valence-corrected chi connectivity index (χ3v) is 4.60. The Labute approximate surface area is 118 Å². The van der Waals surface area contributed by atoms with Crippen LogP contribution in [-0.2, 0) is 16.8 Å². The fourth-order valence-corrected chi connectivity index (χ4v) is 3.45. The van der Waals surface area contributed by atoms with E-state index in [1.54, 1.807) is 0 Å². The molecular weight excluding hydrogens is 262 g/mol. The topological polar surface area (TPSA) is 59.4 Å². The summed E-state index contributed by atoms with van der Waals surface area (Å²) in [5.74, 6) is -0.884. The molecule has 1 aromatic rings. The number of aromatic carboxylic acids is 1. The van der Waals surface area contributed by atoms with Crippen LogP contribution in [0.3, 0.4) is 0 Å². The molecule has 0 amide bonds. The zero-order valence-electron chi connectivity index (χ0n) is 12.2. The van der Waals surface area contributed by atoms with Crippen LogP contribution in [0.15, 0.2) is 0 Å². The lowest BCUT2D eigenvalue weighted by atomic mass is 9.98. The van der Waals surface area contributed by atoms with Crippen LogP contribution in [0.25, 0.3) is 0 Å². The molecule has 4 nitrogen and oxygen atoms in total. The smallest absolute Gasteiger partial charge is 0.347 e. The normalized spacial score (nSPS) is 11.8. The fourth-order valence-electron chi connectivity index (χ4n) is 2.21. The molecule has 0 saturated heterocycles. The van der Waals surface area contributed by atoms with Gasteiger partial charge in [-0.2, -0.15) is 0 Å². The van der Waals surface area contributed by atoms with Crippen molar-refractivity contribution in [3.8, 4) is 0 Å². The first-order valence-corrected chi connectivity index (χ1v) is 7.73. The van der Waals surface area contributed by atoms with E-state index in [1.807, 2.05) is 13.8 Å². The van der Waals surface area contributed by atoms with Crippen LogP contribution in [0.2, 0.25) is 0 Å². The highest BCUT2D eigenvalue weighted by Crippen LogP contribution is 2.37. The summed E-state index contributed by atoms with van der Waals surface area (Å²) in [6.07, 6.45) is 3.20.